The summed E-state index contributed by atoms with van der Waals surface area (Å²) in [6.45, 7) is 0. The van der Waals surface area contributed by atoms with Crippen LogP contribution in [0.25, 0.3) is 33.7 Å². The Kier molecular flexibility index (Phi) is 2.25. The summed E-state index contributed by atoms with van der Waals surface area (Å²) in [5.41, 5.74) is 2.82. The van der Waals surface area contributed by atoms with Gasteiger partial charge in [-0.2, -0.15) is 0 Å². The van der Waals surface area contributed by atoms with Gasteiger partial charge < -0.3 is 13.9 Å². The van der Waals surface area contributed by atoms with E-state index in [-0.39, 0.29) is 5.75 Å². The summed E-state index contributed by atoms with van der Waals surface area (Å²) in [6, 6.07) is 8.31. The summed E-state index contributed by atoms with van der Waals surface area (Å²) < 4.78 is 10.8. The van der Waals surface area contributed by atoms with Crippen LogP contribution in [-0.2, 0) is 0 Å². The molecule has 0 aliphatic heterocycles. The minimum Gasteiger partial charge on any atom is -0.507 e. The first kappa shape index (κ1) is 11.3. The van der Waals surface area contributed by atoms with Crippen LogP contribution in [0.5, 0.6) is 5.75 Å². The zero-order chi connectivity index (χ0) is 13.7. The third-order valence-electron chi connectivity index (χ3n) is 3.03. The second kappa shape index (κ2) is 3.98. The Morgan fingerprint density at radius 2 is 1.95 bits per heavy atom. The van der Waals surface area contributed by atoms with E-state index in [9.17, 15) is 5.11 Å². The fraction of sp³-hybridized carbons (Fsp3) is 0. The molecule has 4 rings (SSSR count). The Morgan fingerprint density at radius 1 is 1.05 bits per heavy atom. The SMILES string of the molecule is Oc1cc2ocnc2cc1-c1nc2cc(Cl)ccc2o1. The van der Waals surface area contributed by atoms with Crippen molar-refractivity contribution in [2.45, 2.75) is 0 Å². The van der Waals surface area contributed by atoms with E-state index >= 15 is 0 Å². The summed E-state index contributed by atoms with van der Waals surface area (Å²) in [4.78, 5) is 8.37. The monoisotopic (exact) mass is 286 g/mol. The standard InChI is InChI=1S/C14H7ClN2O3/c15-7-1-2-12-10(3-7)17-14(20-12)8-4-9-13(5-11(8)18)19-6-16-9/h1-6,18H. The fourth-order valence-corrected chi connectivity index (χ4v) is 2.25. The molecule has 0 fully saturated rings. The number of nitrogens with zero attached hydrogens (tertiary/aromatic N) is 2. The number of aromatic nitrogens is 2. The number of fused-ring (bicyclic) bond motifs is 2. The number of phenols is 1. The summed E-state index contributed by atoms with van der Waals surface area (Å²) in [5, 5.41) is 10.6. The van der Waals surface area contributed by atoms with Crippen molar-refractivity contribution in [1.82, 2.24) is 9.97 Å². The van der Waals surface area contributed by atoms with E-state index in [4.69, 9.17) is 20.4 Å². The second-order valence-electron chi connectivity index (χ2n) is 4.32. The molecule has 0 radical (unpaired) electrons. The van der Waals surface area contributed by atoms with E-state index in [1.807, 2.05) is 0 Å². The van der Waals surface area contributed by atoms with Gasteiger partial charge in [0.25, 0.3) is 0 Å². The summed E-state index contributed by atoms with van der Waals surface area (Å²) in [5.74, 6) is 0.330. The molecule has 0 saturated heterocycles. The van der Waals surface area contributed by atoms with Gasteiger partial charge in [0.2, 0.25) is 5.89 Å². The van der Waals surface area contributed by atoms with Crippen molar-refractivity contribution in [3.63, 3.8) is 0 Å². The van der Waals surface area contributed by atoms with Gasteiger partial charge in [-0.1, -0.05) is 11.6 Å². The van der Waals surface area contributed by atoms with Crippen LogP contribution in [0.1, 0.15) is 0 Å². The number of halogens is 1. The molecule has 0 aliphatic carbocycles. The Morgan fingerprint density at radius 3 is 2.85 bits per heavy atom. The van der Waals surface area contributed by atoms with Crippen LogP contribution in [0.15, 0.2) is 45.6 Å². The number of phenolic OH excluding ortho intramolecular Hbond substituents is 1. The fourth-order valence-electron chi connectivity index (χ4n) is 2.08. The third kappa shape index (κ3) is 1.64. The van der Waals surface area contributed by atoms with Crippen molar-refractivity contribution < 1.29 is 13.9 Å². The molecule has 0 aliphatic rings. The molecule has 0 amide bonds. The van der Waals surface area contributed by atoms with Gasteiger partial charge in [-0.05, 0) is 24.3 Å². The van der Waals surface area contributed by atoms with Crippen molar-refractivity contribution in [3.05, 3.63) is 41.7 Å². The van der Waals surface area contributed by atoms with Crippen molar-refractivity contribution in [3.8, 4) is 17.2 Å². The maximum atomic E-state index is 10.0. The lowest BCUT2D eigenvalue weighted by Crippen LogP contribution is -1.80. The van der Waals surface area contributed by atoms with Gasteiger partial charge in [0.1, 0.15) is 16.8 Å². The predicted octanol–water partition coefficient (Wildman–Crippen LogP) is 4.00. The molecule has 0 bridgehead atoms. The summed E-state index contributed by atoms with van der Waals surface area (Å²) in [6.07, 6.45) is 1.32. The van der Waals surface area contributed by atoms with Gasteiger partial charge in [-0.15, -0.1) is 0 Å². The van der Waals surface area contributed by atoms with Crippen molar-refractivity contribution in [2.24, 2.45) is 0 Å². The molecule has 6 heteroatoms. The highest BCUT2D eigenvalue weighted by molar-refractivity contribution is 6.31. The van der Waals surface area contributed by atoms with Crippen LogP contribution in [0.3, 0.4) is 0 Å². The Hall–Kier alpha value is -2.53. The Bertz CT molecular complexity index is 942. The molecule has 0 atom stereocenters. The Balaban J connectivity index is 1.97. The summed E-state index contributed by atoms with van der Waals surface area (Å²) >= 11 is 5.92. The number of aromatic hydroxyl groups is 1. The van der Waals surface area contributed by atoms with Gasteiger partial charge in [0, 0.05) is 11.1 Å². The van der Waals surface area contributed by atoms with Crippen molar-refractivity contribution in [2.75, 3.05) is 0 Å². The topological polar surface area (TPSA) is 72.3 Å². The molecule has 2 aromatic heterocycles. The molecule has 2 heterocycles. The van der Waals surface area contributed by atoms with Gasteiger partial charge in [0.15, 0.2) is 17.6 Å². The smallest absolute Gasteiger partial charge is 0.231 e. The first-order valence-corrected chi connectivity index (χ1v) is 6.21. The van der Waals surface area contributed by atoms with E-state index in [1.54, 1.807) is 24.3 Å². The zero-order valence-corrected chi connectivity index (χ0v) is 10.8. The van der Waals surface area contributed by atoms with Crippen molar-refractivity contribution in [1.29, 1.82) is 0 Å². The van der Waals surface area contributed by atoms with E-state index in [0.717, 1.165) is 0 Å². The molecule has 20 heavy (non-hydrogen) atoms. The van der Waals surface area contributed by atoms with E-state index in [2.05, 4.69) is 9.97 Å². The maximum Gasteiger partial charge on any atom is 0.231 e. The van der Waals surface area contributed by atoms with Gasteiger partial charge in [-0.25, -0.2) is 9.97 Å². The van der Waals surface area contributed by atoms with Crippen LogP contribution in [0.4, 0.5) is 0 Å². The lowest BCUT2D eigenvalue weighted by Gasteiger charge is -1.98. The highest BCUT2D eigenvalue weighted by Gasteiger charge is 2.15. The average Bonchev–Trinajstić information content (AvgIpc) is 3.02. The quantitative estimate of drug-likeness (QED) is 0.572. The normalized spacial score (nSPS) is 11.4. The van der Waals surface area contributed by atoms with E-state index < -0.39 is 0 Å². The molecular weight excluding hydrogens is 280 g/mol. The molecule has 98 valence electrons. The highest BCUT2D eigenvalue weighted by Crippen LogP contribution is 2.34. The number of oxazole rings is 2. The van der Waals surface area contributed by atoms with Crippen LogP contribution < -0.4 is 0 Å². The van der Waals surface area contributed by atoms with Crippen LogP contribution in [0.2, 0.25) is 5.02 Å². The first-order valence-electron chi connectivity index (χ1n) is 5.83. The first-order chi connectivity index (χ1) is 9.70. The minimum absolute atomic E-state index is 0.0203. The maximum absolute atomic E-state index is 10.0. The molecule has 4 aromatic rings. The molecule has 5 nitrogen and oxygen atoms in total. The highest BCUT2D eigenvalue weighted by atomic mass is 35.5. The molecule has 1 N–H and O–H groups in total. The Labute approximate surface area is 117 Å². The van der Waals surface area contributed by atoms with Crippen LogP contribution >= 0.6 is 11.6 Å². The minimum atomic E-state index is 0.0203. The number of hydrogen-bond acceptors (Lipinski definition) is 5. The molecule has 0 saturated carbocycles. The number of rotatable bonds is 1. The molecule has 0 spiro atoms. The van der Waals surface area contributed by atoms with Crippen LogP contribution in [0, 0.1) is 0 Å². The number of benzene rings is 2. The van der Waals surface area contributed by atoms with Gasteiger partial charge in [0.05, 0.1) is 5.56 Å². The molecule has 2 aromatic carbocycles. The number of hydrogen-bond donors (Lipinski definition) is 1. The second-order valence-corrected chi connectivity index (χ2v) is 4.76. The average molecular weight is 287 g/mol. The lowest BCUT2D eigenvalue weighted by molar-refractivity contribution is 0.473. The molecule has 0 unspecified atom stereocenters. The largest absolute Gasteiger partial charge is 0.507 e. The van der Waals surface area contributed by atoms with Crippen molar-refractivity contribution >= 4 is 33.8 Å². The summed E-state index contributed by atoms with van der Waals surface area (Å²) in [7, 11) is 0. The van der Waals surface area contributed by atoms with Crippen LogP contribution in [-0.4, -0.2) is 15.1 Å². The molecular formula is C14H7ClN2O3. The zero-order valence-electron chi connectivity index (χ0n) is 10.0. The lowest BCUT2D eigenvalue weighted by atomic mass is 10.2. The van der Waals surface area contributed by atoms with E-state index in [1.165, 1.54) is 12.5 Å². The third-order valence-corrected chi connectivity index (χ3v) is 3.26. The van der Waals surface area contributed by atoms with Gasteiger partial charge in [-0.3, -0.25) is 0 Å². The predicted molar refractivity (Wildman–Crippen MR) is 73.7 cm³/mol. The van der Waals surface area contributed by atoms with Gasteiger partial charge >= 0.3 is 0 Å². The van der Waals surface area contributed by atoms with E-state index in [0.29, 0.717) is 38.7 Å².